The molecule has 0 spiro atoms. The standard InChI is InChI=1S/C9H16OS/c1-7(2)5-4-6-9(3)8(11)10-9/h5,8,11H,4,6H2,1-3H3. The van der Waals surface area contributed by atoms with E-state index >= 15 is 0 Å². The highest BCUT2D eigenvalue weighted by Gasteiger charge is 2.48. The maximum Gasteiger partial charge on any atom is 0.130 e. The fraction of sp³-hybridized carbons (Fsp3) is 0.778. The Labute approximate surface area is 74.2 Å². The summed E-state index contributed by atoms with van der Waals surface area (Å²) in [6.45, 7) is 6.35. The minimum Gasteiger partial charge on any atom is -0.355 e. The largest absolute Gasteiger partial charge is 0.355 e. The predicted molar refractivity (Wildman–Crippen MR) is 50.9 cm³/mol. The Morgan fingerprint density at radius 2 is 2.18 bits per heavy atom. The average molecular weight is 172 g/mol. The first kappa shape index (κ1) is 9.14. The highest BCUT2D eigenvalue weighted by atomic mass is 32.1. The molecular weight excluding hydrogens is 156 g/mol. The van der Waals surface area contributed by atoms with E-state index in [1.807, 2.05) is 0 Å². The van der Waals surface area contributed by atoms with Gasteiger partial charge >= 0.3 is 0 Å². The third kappa shape index (κ3) is 2.53. The number of rotatable bonds is 3. The summed E-state index contributed by atoms with van der Waals surface area (Å²) in [4.78, 5) is 0. The summed E-state index contributed by atoms with van der Waals surface area (Å²) in [7, 11) is 0. The van der Waals surface area contributed by atoms with Crippen LogP contribution in [-0.2, 0) is 4.74 Å². The second kappa shape index (κ2) is 3.20. The van der Waals surface area contributed by atoms with Crippen molar-refractivity contribution in [2.45, 2.75) is 44.6 Å². The quantitative estimate of drug-likeness (QED) is 0.392. The predicted octanol–water partition coefficient (Wildman–Crippen LogP) is 2.78. The molecule has 1 rings (SSSR count). The van der Waals surface area contributed by atoms with Gasteiger partial charge in [0.1, 0.15) is 11.0 Å². The van der Waals surface area contributed by atoms with Gasteiger partial charge < -0.3 is 4.74 Å². The highest BCUT2D eigenvalue weighted by molar-refractivity contribution is 7.81. The van der Waals surface area contributed by atoms with Crippen LogP contribution in [0.15, 0.2) is 11.6 Å². The van der Waals surface area contributed by atoms with Crippen LogP contribution in [-0.4, -0.2) is 11.0 Å². The Balaban J connectivity index is 2.19. The Kier molecular flexibility index (Phi) is 2.66. The van der Waals surface area contributed by atoms with Crippen molar-refractivity contribution in [3.63, 3.8) is 0 Å². The van der Waals surface area contributed by atoms with Gasteiger partial charge in [-0.25, -0.2) is 0 Å². The molecule has 1 aliphatic heterocycles. The maximum atomic E-state index is 5.32. The van der Waals surface area contributed by atoms with Crippen LogP contribution in [0, 0.1) is 0 Å². The summed E-state index contributed by atoms with van der Waals surface area (Å²) in [6.07, 6.45) is 4.44. The zero-order valence-corrected chi connectivity index (χ0v) is 8.32. The van der Waals surface area contributed by atoms with E-state index < -0.39 is 0 Å². The first-order valence-corrected chi connectivity index (χ1v) is 4.55. The Morgan fingerprint density at radius 1 is 1.64 bits per heavy atom. The van der Waals surface area contributed by atoms with Crippen LogP contribution in [0.2, 0.25) is 0 Å². The summed E-state index contributed by atoms with van der Waals surface area (Å²) in [5, 5.41) is 0. The van der Waals surface area contributed by atoms with Gasteiger partial charge in [0, 0.05) is 0 Å². The summed E-state index contributed by atoms with van der Waals surface area (Å²) in [5.41, 5.74) is 1.62. The van der Waals surface area contributed by atoms with Crippen molar-refractivity contribution in [2.24, 2.45) is 0 Å². The minimum atomic E-state index is 0.0645. The van der Waals surface area contributed by atoms with Crippen LogP contribution in [0.25, 0.3) is 0 Å². The third-order valence-electron chi connectivity index (χ3n) is 2.04. The van der Waals surface area contributed by atoms with Crippen molar-refractivity contribution >= 4 is 12.6 Å². The van der Waals surface area contributed by atoms with Crippen LogP contribution in [0.5, 0.6) is 0 Å². The van der Waals surface area contributed by atoms with Crippen LogP contribution in [0.3, 0.4) is 0 Å². The van der Waals surface area contributed by atoms with E-state index in [1.165, 1.54) is 5.57 Å². The Morgan fingerprint density at radius 3 is 2.55 bits per heavy atom. The number of allylic oxidation sites excluding steroid dienone is 2. The molecule has 1 heterocycles. The lowest BCUT2D eigenvalue weighted by molar-refractivity contribution is 0.308. The van der Waals surface area contributed by atoms with Crippen molar-refractivity contribution in [3.8, 4) is 0 Å². The monoisotopic (exact) mass is 172 g/mol. The molecule has 2 heteroatoms. The summed E-state index contributed by atoms with van der Waals surface area (Å²) in [6, 6.07) is 0. The average Bonchev–Trinajstić information content (AvgIpc) is 2.39. The molecule has 1 fully saturated rings. The van der Waals surface area contributed by atoms with E-state index in [4.69, 9.17) is 4.74 Å². The molecule has 0 radical (unpaired) electrons. The fourth-order valence-electron chi connectivity index (χ4n) is 1.05. The normalized spacial score (nSPS) is 35.1. The SMILES string of the molecule is CC(C)=CCCC1(C)OC1S. The summed E-state index contributed by atoms with van der Waals surface area (Å²) in [5.74, 6) is 0. The van der Waals surface area contributed by atoms with Crippen molar-refractivity contribution in [1.29, 1.82) is 0 Å². The second-order valence-corrected chi connectivity index (χ2v) is 4.07. The smallest absolute Gasteiger partial charge is 0.130 e. The molecule has 1 nitrogen and oxygen atoms in total. The zero-order chi connectivity index (χ0) is 8.48. The lowest BCUT2D eigenvalue weighted by atomic mass is 10.1. The lowest BCUT2D eigenvalue weighted by Crippen LogP contribution is -2.05. The van der Waals surface area contributed by atoms with Gasteiger partial charge in [-0.05, 0) is 33.6 Å². The minimum absolute atomic E-state index is 0.0645. The Bertz CT molecular complexity index is 172. The van der Waals surface area contributed by atoms with Crippen LogP contribution < -0.4 is 0 Å². The number of epoxide rings is 1. The summed E-state index contributed by atoms with van der Waals surface area (Å²) >= 11 is 4.24. The molecule has 64 valence electrons. The van der Waals surface area contributed by atoms with E-state index in [-0.39, 0.29) is 11.0 Å². The topological polar surface area (TPSA) is 12.5 Å². The van der Waals surface area contributed by atoms with Gasteiger partial charge in [0.25, 0.3) is 0 Å². The zero-order valence-electron chi connectivity index (χ0n) is 7.42. The van der Waals surface area contributed by atoms with Gasteiger partial charge in [-0.2, -0.15) is 0 Å². The Hall–Kier alpha value is 0.0500. The molecule has 2 atom stereocenters. The second-order valence-electron chi connectivity index (χ2n) is 3.60. The molecule has 0 bridgehead atoms. The number of ether oxygens (including phenoxy) is 1. The number of thiol groups is 1. The van der Waals surface area contributed by atoms with Crippen molar-refractivity contribution < 1.29 is 4.74 Å². The molecule has 0 N–H and O–H groups in total. The van der Waals surface area contributed by atoms with E-state index in [9.17, 15) is 0 Å². The molecule has 0 aromatic rings. The van der Waals surface area contributed by atoms with Crippen LogP contribution >= 0.6 is 12.6 Å². The lowest BCUT2D eigenvalue weighted by Gasteiger charge is -2.01. The van der Waals surface area contributed by atoms with E-state index in [2.05, 4.69) is 39.5 Å². The number of hydrogen-bond acceptors (Lipinski definition) is 2. The maximum absolute atomic E-state index is 5.32. The highest BCUT2D eigenvalue weighted by Crippen LogP contribution is 2.42. The van der Waals surface area contributed by atoms with E-state index in [0.29, 0.717) is 0 Å². The van der Waals surface area contributed by atoms with Gasteiger partial charge in [-0.15, -0.1) is 12.6 Å². The van der Waals surface area contributed by atoms with Crippen molar-refractivity contribution in [1.82, 2.24) is 0 Å². The fourth-order valence-corrected chi connectivity index (χ4v) is 1.42. The third-order valence-corrected chi connectivity index (χ3v) is 2.69. The molecule has 2 unspecified atom stereocenters. The van der Waals surface area contributed by atoms with Crippen molar-refractivity contribution in [3.05, 3.63) is 11.6 Å². The molecule has 0 aromatic heterocycles. The van der Waals surface area contributed by atoms with Gasteiger partial charge in [0.15, 0.2) is 0 Å². The van der Waals surface area contributed by atoms with Crippen LogP contribution in [0.4, 0.5) is 0 Å². The molecule has 0 saturated carbocycles. The van der Waals surface area contributed by atoms with Gasteiger partial charge in [-0.1, -0.05) is 11.6 Å². The molecular formula is C9H16OS. The molecule has 1 aliphatic rings. The van der Waals surface area contributed by atoms with E-state index in [0.717, 1.165) is 12.8 Å². The first-order chi connectivity index (χ1) is 5.04. The van der Waals surface area contributed by atoms with E-state index in [1.54, 1.807) is 0 Å². The van der Waals surface area contributed by atoms with Gasteiger partial charge in [0.05, 0.1) is 0 Å². The number of hydrogen-bond donors (Lipinski definition) is 1. The molecule has 0 aromatic carbocycles. The summed E-state index contributed by atoms with van der Waals surface area (Å²) < 4.78 is 5.32. The van der Waals surface area contributed by atoms with Gasteiger partial charge in [0.2, 0.25) is 0 Å². The van der Waals surface area contributed by atoms with Crippen LogP contribution in [0.1, 0.15) is 33.6 Å². The molecule has 0 amide bonds. The van der Waals surface area contributed by atoms with Gasteiger partial charge in [-0.3, -0.25) is 0 Å². The van der Waals surface area contributed by atoms with Crippen molar-refractivity contribution in [2.75, 3.05) is 0 Å². The molecule has 0 aliphatic carbocycles. The molecule has 1 saturated heterocycles. The first-order valence-electron chi connectivity index (χ1n) is 4.04. The molecule has 11 heavy (non-hydrogen) atoms.